The fourth-order valence-corrected chi connectivity index (χ4v) is 3.49. The minimum atomic E-state index is -1.40. The van der Waals surface area contributed by atoms with Gasteiger partial charge in [-0.25, -0.2) is 4.39 Å². The van der Waals surface area contributed by atoms with Gasteiger partial charge in [-0.2, -0.15) is 0 Å². The van der Waals surface area contributed by atoms with Gasteiger partial charge < -0.3 is 20.6 Å². The number of alkyl halides is 1. The zero-order valence-electron chi connectivity index (χ0n) is 13.6. The Morgan fingerprint density at radius 3 is 2.44 bits per heavy atom. The molecule has 0 saturated heterocycles. The molecule has 0 heterocycles. The Balaban J connectivity index is 1.71. The first-order valence-electron chi connectivity index (χ1n) is 8.23. The lowest BCUT2D eigenvalue weighted by molar-refractivity contribution is -0.0628. The number of nitrogens with one attached hydrogen (secondary N) is 1. The van der Waals surface area contributed by atoms with Crippen molar-refractivity contribution in [2.45, 2.75) is 30.8 Å². The highest BCUT2D eigenvalue weighted by atomic mass is 35.5. The van der Waals surface area contributed by atoms with E-state index in [1.54, 1.807) is 0 Å². The topological polar surface area (TPSA) is 72.7 Å². The van der Waals surface area contributed by atoms with E-state index in [1.165, 1.54) is 6.08 Å². The van der Waals surface area contributed by atoms with Gasteiger partial charge in [0, 0.05) is 10.4 Å². The van der Waals surface area contributed by atoms with Gasteiger partial charge in [0.2, 0.25) is 0 Å². The fourth-order valence-electron chi connectivity index (χ4n) is 3.27. The summed E-state index contributed by atoms with van der Waals surface area (Å²) in [5, 5.41) is 35.5. The summed E-state index contributed by atoms with van der Waals surface area (Å²) in [6.45, 7) is -0.336. The van der Waals surface area contributed by atoms with Crippen molar-refractivity contribution in [3.63, 3.8) is 0 Å². The summed E-state index contributed by atoms with van der Waals surface area (Å²) in [7, 11) is 0. The zero-order chi connectivity index (χ0) is 18.0. The number of halogens is 2. The molecule has 25 heavy (non-hydrogen) atoms. The molecule has 4 nitrogen and oxygen atoms in total. The van der Waals surface area contributed by atoms with Crippen LogP contribution in [0.2, 0.25) is 5.02 Å². The van der Waals surface area contributed by atoms with Gasteiger partial charge in [-0.15, -0.1) is 0 Å². The summed E-state index contributed by atoms with van der Waals surface area (Å²) >= 11 is 6.22. The second-order valence-electron chi connectivity index (χ2n) is 6.28. The Morgan fingerprint density at radius 1 is 1.00 bits per heavy atom. The summed E-state index contributed by atoms with van der Waals surface area (Å²) in [5.74, 6) is 0. The first-order valence-corrected chi connectivity index (χ1v) is 8.61. The van der Waals surface area contributed by atoms with Crippen molar-refractivity contribution in [1.82, 2.24) is 5.32 Å². The summed E-state index contributed by atoms with van der Waals surface area (Å²) in [4.78, 5) is 0. The first kappa shape index (κ1) is 18.3. The van der Waals surface area contributed by atoms with Crippen molar-refractivity contribution in [2.24, 2.45) is 0 Å². The third kappa shape index (κ3) is 3.71. The minimum absolute atomic E-state index is 0.0900. The van der Waals surface area contributed by atoms with Gasteiger partial charge in [0.05, 0.1) is 6.04 Å². The number of aliphatic hydroxyl groups is 3. The van der Waals surface area contributed by atoms with Crippen molar-refractivity contribution in [3.8, 4) is 0 Å². The van der Waals surface area contributed by atoms with E-state index in [2.05, 4.69) is 5.32 Å². The van der Waals surface area contributed by atoms with Gasteiger partial charge in [-0.3, -0.25) is 0 Å². The molecule has 0 spiro atoms. The number of rotatable bonds is 5. The lowest BCUT2D eigenvalue weighted by Gasteiger charge is -2.34. The fraction of sp³-hybridized carbons (Fsp3) is 0.368. The van der Waals surface area contributed by atoms with Gasteiger partial charge >= 0.3 is 0 Å². The maximum atomic E-state index is 12.9. The molecular formula is C19H21ClFNO3. The molecule has 0 saturated carbocycles. The van der Waals surface area contributed by atoms with Crippen molar-refractivity contribution < 1.29 is 19.7 Å². The molecule has 134 valence electrons. The first-order chi connectivity index (χ1) is 12.0. The quantitative estimate of drug-likeness (QED) is 0.611. The molecule has 3 rings (SSSR count). The van der Waals surface area contributed by atoms with Gasteiger partial charge in [-0.1, -0.05) is 48.0 Å². The number of benzene rings is 2. The molecule has 2 aromatic rings. The summed E-state index contributed by atoms with van der Waals surface area (Å²) in [6.07, 6.45) is -1.81. The molecule has 6 heteroatoms. The molecular weight excluding hydrogens is 345 g/mol. The maximum absolute atomic E-state index is 12.9. The SMILES string of the molecule is O[C@@H]1[C@@H](O)[C@@H](O)C(CF)=C[C@H]1NCCc1ccc(Cl)c2ccccc12. The molecule has 0 unspecified atom stereocenters. The van der Waals surface area contributed by atoms with Crippen LogP contribution in [0.25, 0.3) is 10.8 Å². The van der Waals surface area contributed by atoms with E-state index in [4.69, 9.17) is 11.6 Å². The normalized spacial score (nSPS) is 26.7. The van der Waals surface area contributed by atoms with Crippen LogP contribution in [0.4, 0.5) is 4.39 Å². The highest BCUT2D eigenvalue weighted by molar-refractivity contribution is 6.35. The lowest BCUT2D eigenvalue weighted by atomic mass is 9.88. The van der Waals surface area contributed by atoms with Crippen LogP contribution >= 0.6 is 11.6 Å². The molecule has 1 aliphatic carbocycles. The second kappa shape index (κ2) is 7.81. The van der Waals surface area contributed by atoms with Gasteiger partial charge in [0.1, 0.15) is 25.0 Å². The largest absolute Gasteiger partial charge is 0.388 e. The van der Waals surface area contributed by atoms with E-state index in [-0.39, 0.29) is 5.57 Å². The van der Waals surface area contributed by atoms with Crippen LogP contribution in [-0.4, -0.2) is 52.9 Å². The van der Waals surface area contributed by atoms with Crippen LogP contribution in [0.15, 0.2) is 48.0 Å². The van der Waals surface area contributed by atoms with Crippen molar-refractivity contribution in [2.75, 3.05) is 13.2 Å². The predicted molar refractivity (Wildman–Crippen MR) is 96.5 cm³/mol. The average Bonchev–Trinajstić information content (AvgIpc) is 2.63. The van der Waals surface area contributed by atoms with E-state index in [9.17, 15) is 19.7 Å². The Morgan fingerprint density at radius 2 is 1.72 bits per heavy atom. The van der Waals surface area contributed by atoms with E-state index >= 15 is 0 Å². The summed E-state index contributed by atoms with van der Waals surface area (Å²) in [6, 6.07) is 11.1. The highest BCUT2D eigenvalue weighted by Gasteiger charge is 2.36. The Bertz CT molecular complexity index is 782. The Labute approximate surface area is 150 Å². The van der Waals surface area contributed by atoms with Gasteiger partial charge in [0.25, 0.3) is 0 Å². The number of hydrogen-bond donors (Lipinski definition) is 4. The maximum Gasteiger partial charge on any atom is 0.113 e. The monoisotopic (exact) mass is 365 g/mol. The van der Waals surface area contributed by atoms with E-state index in [0.717, 1.165) is 16.3 Å². The minimum Gasteiger partial charge on any atom is -0.388 e. The molecule has 0 radical (unpaired) electrons. The molecule has 1 aliphatic rings. The van der Waals surface area contributed by atoms with Crippen molar-refractivity contribution in [1.29, 1.82) is 0 Å². The molecule has 0 aromatic heterocycles. The predicted octanol–water partition coefficient (Wildman–Crippen LogP) is 1.99. The van der Waals surface area contributed by atoms with Gasteiger partial charge in [-0.05, 0) is 35.6 Å². The zero-order valence-corrected chi connectivity index (χ0v) is 14.3. The number of fused-ring (bicyclic) bond motifs is 1. The number of hydrogen-bond acceptors (Lipinski definition) is 4. The highest BCUT2D eigenvalue weighted by Crippen LogP contribution is 2.27. The molecule has 4 atom stereocenters. The molecule has 0 fully saturated rings. The van der Waals surface area contributed by atoms with Crippen LogP contribution in [0.5, 0.6) is 0 Å². The molecule has 0 amide bonds. The third-order valence-corrected chi connectivity index (χ3v) is 5.03. The van der Waals surface area contributed by atoms with Crippen LogP contribution in [0.1, 0.15) is 5.56 Å². The van der Waals surface area contributed by atoms with Gasteiger partial charge in [0.15, 0.2) is 0 Å². The third-order valence-electron chi connectivity index (χ3n) is 4.70. The van der Waals surface area contributed by atoms with Crippen LogP contribution < -0.4 is 5.32 Å². The molecule has 0 bridgehead atoms. The van der Waals surface area contributed by atoms with E-state index in [0.29, 0.717) is 18.0 Å². The van der Waals surface area contributed by atoms with Crippen LogP contribution in [0.3, 0.4) is 0 Å². The average molecular weight is 366 g/mol. The second-order valence-corrected chi connectivity index (χ2v) is 6.69. The van der Waals surface area contributed by atoms with Crippen molar-refractivity contribution >= 4 is 22.4 Å². The Hall–Kier alpha value is -1.50. The number of aliphatic hydroxyl groups excluding tert-OH is 3. The van der Waals surface area contributed by atoms with E-state index < -0.39 is 31.0 Å². The standard InChI is InChI=1S/C19H21ClFNO3/c20-15-6-5-11(13-3-1-2-4-14(13)15)7-8-22-16-9-12(10-21)17(23)19(25)18(16)24/h1-6,9,16-19,22-25H,7-8,10H2/t16-,17+,18+,19+/m1/s1. The Kier molecular flexibility index (Phi) is 5.71. The molecule has 4 N–H and O–H groups in total. The molecule has 2 aromatic carbocycles. The molecule has 0 aliphatic heterocycles. The smallest absolute Gasteiger partial charge is 0.113 e. The van der Waals surface area contributed by atoms with E-state index in [1.807, 2.05) is 36.4 Å². The van der Waals surface area contributed by atoms with Crippen LogP contribution in [-0.2, 0) is 6.42 Å². The summed E-state index contributed by atoms with van der Waals surface area (Å²) in [5.41, 5.74) is 1.19. The van der Waals surface area contributed by atoms with Crippen molar-refractivity contribution in [3.05, 3.63) is 58.6 Å². The lowest BCUT2D eigenvalue weighted by Crippen LogP contribution is -2.54. The van der Waals surface area contributed by atoms with Crippen LogP contribution in [0, 0.1) is 0 Å². The summed E-state index contributed by atoms with van der Waals surface area (Å²) < 4.78 is 12.9.